The fraction of sp³-hybridized carbons (Fsp3) is 0. The Morgan fingerprint density at radius 1 is 2.00 bits per heavy atom. The second kappa shape index (κ2) is 2.19. The molecule has 0 aromatic rings. The Labute approximate surface area is 35.5 Å². The number of nitrogens with one attached hydrogen (secondary N) is 2. The van der Waals surface area contributed by atoms with Gasteiger partial charge in [-0.3, -0.25) is 5.41 Å². The van der Waals surface area contributed by atoms with E-state index in [0.717, 1.165) is 0 Å². The van der Waals surface area contributed by atoms with Crippen LogP contribution in [0.5, 0.6) is 0 Å². The Bertz CT molecular complexity index is 65.9. The molecule has 0 spiro atoms. The van der Waals surface area contributed by atoms with E-state index in [9.17, 15) is 0 Å². The molecule has 4 N–H and O–H groups in total. The van der Waals surface area contributed by atoms with E-state index in [1.54, 1.807) is 0 Å². The van der Waals surface area contributed by atoms with Crippen molar-refractivity contribution in [2.45, 2.75) is 0 Å². The zero-order chi connectivity index (χ0) is 4.99. The smallest absolute Gasteiger partial charge is 0.206 e. The molecule has 0 aliphatic heterocycles. The van der Waals surface area contributed by atoms with Crippen LogP contribution in [0.2, 0.25) is 0 Å². The normalized spacial score (nSPS) is 6.67. The molecule has 0 amide bonds. The fourth-order valence-electron chi connectivity index (χ4n) is 0.0852. The molecule has 34 valence electrons. The molecular formula is C2H6N4. The first-order valence-electron chi connectivity index (χ1n) is 1.33. The third-order valence-electron chi connectivity index (χ3n) is 0.200. The standard InChI is InChI=1S/C2H6N4/c1-5-6-2(3)4/h1H2,(H4,3,4,6). The van der Waals surface area contributed by atoms with E-state index in [4.69, 9.17) is 11.1 Å². The Morgan fingerprint density at radius 3 is 2.50 bits per heavy atom. The molecule has 0 radical (unpaired) electrons. The van der Waals surface area contributed by atoms with Gasteiger partial charge >= 0.3 is 0 Å². The summed E-state index contributed by atoms with van der Waals surface area (Å²) in [7, 11) is 0. The Hall–Kier alpha value is -1.06. The molecular weight excluding hydrogens is 80.1 g/mol. The van der Waals surface area contributed by atoms with Crippen LogP contribution in [-0.4, -0.2) is 12.7 Å². The minimum atomic E-state index is -0.190. The number of nitrogens with zero attached hydrogens (tertiary/aromatic N) is 1. The van der Waals surface area contributed by atoms with E-state index in [1.165, 1.54) is 0 Å². The highest BCUT2D eigenvalue weighted by Crippen LogP contribution is 1.43. The zero-order valence-electron chi connectivity index (χ0n) is 3.23. The number of hydrazone groups is 1. The Balaban J connectivity index is 3.05. The molecule has 4 nitrogen and oxygen atoms in total. The minimum absolute atomic E-state index is 0.190. The van der Waals surface area contributed by atoms with Crippen molar-refractivity contribution < 1.29 is 0 Å². The van der Waals surface area contributed by atoms with Crippen LogP contribution in [0.1, 0.15) is 0 Å². The Kier molecular flexibility index (Phi) is 1.81. The quantitative estimate of drug-likeness (QED) is 0.219. The lowest BCUT2D eigenvalue weighted by Gasteiger charge is -1.87. The van der Waals surface area contributed by atoms with Crippen LogP contribution in [0, 0.1) is 5.41 Å². The zero-order valence-corrected chi connectivity index (χ0v) is 3.23. The van der Waals surface area contributed by atoms with Crippen molar-refractivity contribution in [3.8, 4) is 0 Å². The first-order valence-corrected chi connectivity index (χ1v) is 1.33. The van der Waals surface area contributed by atoms with Gasteiger partial charge in [-0.05, 0) is 0 Å². The van der Waals surface area contributed by atoms with Gasteiger partial charge in [0.15, 0.2) is 0 Å². The summed E-state index contributed by atoms with van der Waals surface area (Å²) in [6.07, 6.45) is 0. The SMILES string of the molecule is C=NNC(=N)N. The van der Waals surface area contributed by atoms with Gasteiger partial charge in [0.2, 0.25) is 5.96 Å². The second-order valence-corrected chi connectivity index (χ2v) is 0.684. The maximum Gasteiger partial charge on any atom is 0.206 e. The van der Waals surface area contributed by atoms with Gasteiger partial charge in [0.05, 0.1) is 0 Å². The van der Waals surface area contributed by atoms with Crippen molar-refractivity contribution >= 4 is 12.7 Å². The van der Waals surface area contributed by atoms with Gasteiger partial charge in [-0.1, -0.05) is 0 Å². The molecule has 0 aromatic carbocycles. The summed E-state index contributed by atoms with van der Waals surface area (Å²) in [5.74, 6) is -0.190. The van der Waals surface area contributed by atoms with E-state index in [2.05, 4.69) is 17.2 Å². The lowest BCUT2D eigenvalue weighted by Crippen LogP contribution is -2.24. The molecule has 0 heterocycles. The highest BCUT2D eigenvalue weighted by atomic mass is 15.3. The van der Waals surface area contributed by atoms with Crippen molar-refractivity contribution in [2.24, 2.45) is 10.8 Å². The van der Waals surface area contributed by atoms with Crippen molar-refractivity contribution in [1.29, 1.82) is 5.41 Å². The first kappa shape index (κ1) is 4.94. The molecule has 0 bridgehead atoms. The molecule has 0 fully saturated rings. The van der Waals surface area contributed by atoms with Crippen LogP contribution < -0.4 is 11.2 Å². The van der Waals surface area contributed by atoms with Gasteiger partial charge in [-0.15, -0.1) is 0 Å². The number of rotatable bonds is 1. The van der Waals surface area contributed by atoms with Gasteiger partial charge in [-0.2, -0.15) is 5.10 Å². The molecule has 0 unspecified atom stereocenters. The highest BCUT2D eigenvalue weighted by molar-refractivity contribution is 5.74. The van der Waals surface area contributed by atoms with Crippen LogP contribution in [0.4, 0.5) is 0 Å². The lowest BCUT2D eigenvalue weighted by atomic mass is 11.1. The van der Waals surface area contributed by atoms with Crippen molar-refractivity contribution in [3.63, 3.8) is 0 Å². The summed E-state index contributed by atoms with van der Waals surface area (Å²) in [6.45, 7) is 3.02. The third kappa shape index (κ3) is 2.94. The van der Waals surface area contributed by atoms with E-state index in [1.807, 2.05) is 0 Å². The molecule has 0 aromatic heterocycles. The summed E-state index contributed by atoms with van der Waals surface area (Å²) < 4.78 is 0. The molecule has 0 atom stereocenters. The molecule has 0 rings (SSSR count). The monoisotopic (exact) mass is 86.1 g/mol. The number of nitrogens with two attached hydrogens (primary N) is 1. The van der Waals surface area contributed by atoms with Gasteiger partial charge in [0, 0.05) is 6.72 Å². The number of hydrogen-bond acceptors (Lipinski definition) is 2. The predicted molar refractivity (Wildman–Crippen MR) is 24.6 cm³/mol. The molecule has 0 aliphatic carbocycles. The summed E-state index contributed by atoms with van der Waals surface area (Å²) >= 11 is 0. The summed E-state index contributed by atoms with van der Waals surface area (Å²) in [4.78, 5) is 0. The van der Waals surface area contributed by atoms with Crippen LogP contribution >= 0.6 is 0 Å². The molecule has 0 saturated carbocycles. The molecule has 0 aliphatic rings. The highest BCUT2D eigenvalue weighted by Gasteiger charge is 1.70. The average Bonchev–Trinajstić information content (AvgIpc) is 1.35. The molecule has 6 heavy (non-hydrogen) atoms. The number of hydrogen-bond donors (Lipinski definition) is 3. The summed E-state index contributed by atoms with van der Waals surface area (Å²) in [5, 5.41) is 9.51. The second-order valence-electron chi connectivity index (χ2n) is 0.684. The molecule has 0 saturated heterocycles. The maximum absolute atomic E-state index is 6.43. The van der Waals surface area contributed by atoms with Gasteiger partial charge in [0.1, 0.15) is 0 Å². The maximum atomic E-state index is 6.43. The van der Waals surface area contributed by atoms with Crippen molar-refractivity contribution in [3.05, 3.63) is 0 Å². The summed E-state index contributed by atoms with van der Waals surface area (Å²) in [5.41, 5.74) is 6.82. The van der Waals surface area contributed by atoms with Crippen LogP contribution in [0.3, 0.4) is 0 Å². The van der Waals surface area contributed by atoms with Crippen LogP contribution in [0.25, 0.3) is 0 Å². The van der Waals surface area contributed by atoms with E-state index >= 15 is 0 Å². The number of guanidine groups is 1. The van der Waals surface area contributed by atoms with Gasteiger partial charge < -0.3 is 5.73 Å². The molecule has 4 heteroatoms. The van der Waals surface area contributed by atoms with Crippen LogP contribution in [0.15, 0.2) is 5.10 Å². The third-order valence-corrected chi connectivity index (χ3v) is 0.200. The van der Waals surface area contributed by atoms with Crippen molar-refractivity contribution in [1.82, 2.24) is 5.43 Å². The fourth-order valence-corrected chi connectivity index (χ4v) is 0.0852. The van der Waals surface area contributed by atoms with E-state index < -0.39 is 0 Å². The largest absolute Gasteiger partial charge is 0.369 e. The van der Waals surface area contributed by atoms with Crippen LogP contribution in [-0.2, 0) is 0 Å². The Morgan fingerprint density at radius 2 is 2.50 bits per heavy atom. The van der Waals surface area contributed by atoms with Gasteiger partial charge in [0.25, 0.3) is 0 Å². The average molecular weight is 86.1 g/mol. The lowest BCUT2D eigenvalue weighted by molar-refractivity contribution is 1.01. The minimum Gasteiger partial charge on any atom is -0.369 e. The van der Waals surface area contributed by atoms with E-state index in [-0.39, 0.29) is 5.96 Å². The van der Waals surface area contributed by atoms with E-state index in [0.29, 0.717) is 0 Å². The predicted octanol–water partition coefficient (Wildman–Crippen LogP) is -0.915. The van der Waals surface area contributed by atoms with Crippen molar-refractivity contribution in [2.75, 3.05) is 0 Å². The van der Waals surface area contributed by atoms with Gasteiger partial charge in [-0.25, -0.2) is 5.43 Å². The topological polar surface area (TPSA) is 74.3 Å². The first-order chi connectivity index (χ1) is 2.77. The summed E-state index contributed by atoms with van der Waals surface area (Å²) in [6, 6.07) is 0.